The standard InChI is InChI=1S/C70H121O11P/c1-4-7-10-13-16-19-22-25-28-31-33-36-38-41-44-47-50-53-56-59-68(72)77-63-67(81-70(74)61-58-55-52-49-46-43-40-37-34-32-29-26-23-20-17-14-11-8-5-2)65-79-82(75,76)78-64-66(62-71)80-69(73)60-57-54-51-48-45-42-39-35-30-27-24-21-18-15-12-9-6-3/h9,12,17-18,20-21,26-27,29-30,34,37,39,42,48,51,66-67,71H,4-8,10-11,13-16,19,22-25,28,31-33,35-36,38,40-41,43-47,49-50,52-65H2,1-3H3,(H,75,76)/b12-9-,20-17-,21-18-,29-26-,30-27-,37-34-,42-39-,51-48-. The van der Waals surface area contributed by atoms with Crippen molar-refractivity contribution >= 4 is 25.7 Å². The monoisotopic (exact) mass is 1170 g/mol. The zero-order valence-corrected chi connectivity index (χ0v) is 53.3. The van der Waals surface area contributed by atoms with Crippen LogP contribution in [0.2, 0.25) is 0 Å². The molecule has 11 nitrogen and oxygen atoms in total. The van der Waals surface area contributed by atoms with Crippen molar-refractivity contribution in [2.24, 2.45) is 0 Å². The fourth-order valence-corrected chi connectivity index (χ4v) is 9.77. The Morgan fingerprint density at radius 2 is 0.646 bits per heavy atom. The maximum atomic E-state index is 13.0. The van der Waals surface area contributed by atoms with Gasteiger partial charge in [-0.05, 0) is 96.3 Å². The molecule has 82 heavy (non-hydrogen) atoms. The largest absolute Gasteiger partial charge is 0.472 e. The van der Waals surface area contributed by atoms with Crippen LogP contribution in [0.4, 0.5) is 0 Å². The van der Waals surface area contributed by atoms with Gasteiger partial charge in [0.1, 0.15) is 12.7 Å². The molecular weight excluding hydrogens is 1050 g/mol. The predicted octanol–water partition coefficient (Wildman–Crippen LogP) is 20.4. The number of carbonyl (C=O) groups excluding carboxylic acids is 3. The molecule has 0 saturated carbocycles. The Morgan fingerprint density at radius 1 is 0.354 bits per heavy atom. The van der Waals surface area contributed by atoms with Gasteiger partial charge < -0.3 is 24.2 Å². The third-order valence-electron chi connectivity index (χ3n) is 14.0. The number of phosphoric ester groups is 1. The molecular formula is C70H121O11P. The van der Waals surface area contributed by atoms with Crippen LogP contribution in [-0.2, 0) is 42.2 Å². The number of hydrogen-bond donors (Lipinski definition) is 2. The number of aliphatic hydroxyl groups excluding tert-OH is 1. The lowest BCUT2D eigenvalue weighted by Gasteiger charge is -2.21. The molecule has 472 valence electrons. The number of allylic oxidation sites excluding steroid dienone is 16. The first kappa shape index (κ1) is 78.4. The fourth-order valence-electron chi connectivity index (χ4n) is 8.99. The van der Waals surface area contributed by atoms with Gasteiger partial charge in [-0.2, -0.15) is 0 Å². The van der Waals surface area contributed by atoms with Crippen LogP contribution in [0.25, 0.3) is 0 Å². The number of hydrogen-bond acceptors (Lipinski definition) is 10. The summed E-state index contributed by atoms with van der Waals surface area (Å²) in [6.45, 7) is 4.47. The predicted molar refractivity (Wildman–Crippen MR) is 344 cm³/mol. The van der Waals surface area contributed by atoms with Crippen molar-refractivity contribution in [3.8, 4) is 0 Å². The number of aliphatic hydroxyl groups is 1. The average molecular weight is 1170 g/mol. The second-order valence-corrected chi connectivity index (χ2v) is 23.4. The molecule has 2 N–H and O–H groups in total. The Bertz CT molecular complexity index is 1750. The van der Waals surface area contributed by atoms with Gasteiger partial charge in [-0.25, -0.2) is 4.57 Å². The van der Waals surface area contributed by atoms with E-state index in [1.807, 2.05) is 12.2 Å². The van der Waals surface area contributed by atoms with Crippen LogP contribution in [0.15, 0.2) is 97.2 Å². The zero-order valence-electron chi connectivity index (χ0n) is 52.4. The van der Waals surface area contributed by atoms with E-state index in [-0.39, 0.29) is 25.9 Å². The molecule has 0 aliphatic heterocycles. The normalized spacial score (nSPS) is 13.9. The smallest absolute Gasteiger partial charge is 0.462 e. The maximum absolute atomic E-state index is 13.0. The number of esters is 3. The first-order chi connectivity index (χ1) is 40.2. The molecule has 0 heterocycles. The van der Waals surface area contributed by atoms with Gasteiger partial charge in [0.25, 0.3) is 0 Å². The van der Waals surface area contributed by atoms with E-state index in [9.17, 15) is 28.9 Å². The second-order valence-electron chi connectivity index (χ2n) is 21.9. The van der Waals surface area contributed by atoms with Crippen molar-refractivity contribution in [1.82, 2.24) is 0 Å². The Labute approximate surface area is 502 Å². The second kappa shape index (κ2) is 63.4. The summed E-state index contributed by atoms with van der Waals surface area (Å²) in [7, 11) is -4.78. The SMILES string of the molecule is CC/C=C\C/C=C\C/C=C\C/C=C\C/C=C\CCCC(=O)OC(CO)COP(=O)(O)OCC(COC(=O)CCCCCCCCCCCCCCCCCCCCC)OC(=O)CCCCCCCC/C=C\C/C=C\C/C=C\CCCCC. The van der Waals surface area contributed by atoms with Crippen LogP contribution < -0.4 is 0 Å². The van der Waals surface area contributed by atoms with Gasteiger partial charge >= 0.3 is 25.7 Å². The molecule has 0 aliphatic rings. The van der Waals surface area contributed by atoms with Gasteiger partial charge in [-0.3, -0.25) is 23.4 Å². The molecule has 12 heteroatoms. The lowest BCUT2D eigenvalue weighted by Crippen LogP contribution is -2.30. The molecule has 3 unspecified atom stereocenters. The number of unbranched alkanes of at least 4 members (excludes halogenated alkanes) is 28. The van der Waals surface area contributed by atoms with E-state index in [2.05, 4.69) is 106 Å². The quantitative estimate of drug-likeness (QED) is 0.0197. The van der Waals surface area contributed by atoms with Crippen molar-refractivity contribution < 1.29 is 52.2 Å². The van der Waals surface area contributed by atoms with E-state index in [1.54, 1.807) is 0 Å². The van der Waals surface area contributed by atoms with Gasteiger partial charge in [-0.1, -0.05) is 272 Å². The van der Waals surface area contributed by atoms with Gasteiger partial charge in [0.2, 0.25) is 0 Å². The minimum Gasteiger partial charge on any atom is -0.462 e. The van der Waals surface area contributed by atoms with Crippen LogP contribution in [0.5, 0.6) is 0 Å². The summed E-state index contributed by atoms with van der Waals surface area (Å²) < 4.78 is 39.7. The molecule has 0 aliphatic carbocycles. The van der Waals surface area contributed by atoms with Gasteiger partial charge in [0.05, 0.1) is 19.8 Å². The molecule has 0 amide bonds. The van der Waals surface area contributed by atoms with Crippen LogP contribution in [-0.4, -0.2) is 66.5 Å². The molecule has 0 saturated heterocycles. The van der Waals surface area contributed by atoms with Crippen LogP contribution in [0.1, 0.15) is 290 Å². The van der Waals surface area contributed by atoms with Crippen LogP contribution in [0.3, 0.4) is 0 Å². The maximum Gasteiger partial charge on any atom is 0.472 e. The third-order valence-corrected chi connectivity index (χ3v) is 14.9. The molecule has 0 spiro atoms. The topological polar surface area (TPSA) is 155 Å². The fraction of sp³-hybridized carbons (Fsp3) is 0.729. The van der Waals surface area contributed by atoms with Gasteiger partial charge in [0.15, 0.2) is 6.10 Å². The van der Waals surface area contributed by atoms with E-state index >= 15 is 0 Å². The lowest BCUT2D eigenvalue weighted by molar-refractivity contribution is -0.161. The summed E-state index contributed by atoms with van der Waals surface area (Å²) in [6.07, 6.45) is 76.5. The van der Waals surface area contributed by atoms with Crippen molar-refractivity contribution in [3.63, 3.8) is 0 Å². The van der Waals surface area contributed by atoms with Gasteiger partial charge in [0, 0.05) is 19.3 Å². The molecule has 0 aromatic rings. The highest BCUT2D eigenvalue weighted by Crippen LogP contribution is 2.43. The minimum absolute atomic E-state index is 0.0950. The Hall–Kier alpha value is -3.60. The number of phosphoric acid groups is 1. The highest BCUT2D eigenvalue weighted by molar-refractivity contribution is 7.47. The minimum atomic E-state index is -4.78. The highest BCUT2D eigenvalue weighted by Gasteiger charge is 2.28. The molecule has 0 rings (SSSR count). The highest BCUT2D eigenvalue weighted by atomic mass is 31.2. The third kappa shape index (κ3) is 61.0. The van der Waals surface area contributed by atoms with E-state index in [0.717, 1.165) is 103 Å². The van der Waals surface area contributed by atoms with Crippen LogP contribution in [0, 0.1) is 0 Å². The average Bonchev–Trinajstić information content (AvgIpc) is 3.49. The molecule has 0 bridgehead atoms. The summed E-state index contributed by atoms with van der Waals surface area (Å²) in [4.78, 5) is 48.8. The number of ether oxygens (including phenoxy) is 3. The summed E-state index contributed by atoms with van der Waals surface area (Å²) in [5, 5.41) is 9.85. The van der Waals surface area contributed by atoms with Gasteiger partial charge in [-0.15, -0.1) is 0 Å². The molecule has 0 aromatic heterocycles. The first-order valence-corrected chi connectivity index (χ1v) is 34.6. The van der Waals surface area contributed by atoms with Crippen molar-refractivity contribution in [2.45, 2.75) is 303 Å². The molecule has 0 aromatic carbocycles. The van der Waals surface area contributed by atoms with E-state index in [4.69, 9.17) is 23.3 Å². The molecule has 0 radical (unpaired) electrons. The summed E-state index contributed by atoms with van der Waals surface area (Å²) in [5.74, 6) is -1.53. The summed E-state index contributed by atoms with van der Waals surface area (Å²) >= 11 is 0. The first-order valence-electron chi connectivity index (χ1n) is 33.1. The van der Waals surface area contributed by atoms with E-state index in [1.165, 1.54) is 122 Å². The van der Waals surface area contributed by atoms with Crippen molar-refractivity contribution in [3.05, 3.63) is 97.2 Å². The van der Waals surface area contributed by atoms with Crippen molar-refractivity contribution in [1.29, 1.82) is 0 Å². The van der Waals surface area contributed by atoms with Crippen LogP contribution >= 0.6 is 7.82 Å². The summed E-state index contributed by atoms with van der Waals surface area (Å²) in [5.41, 5.74) is 0. The Morgan fingerprint density at radius 3 is 1.05 bits per heavy atom. The number of carbonyl (C=O) groups is 3. The van der Waals surface area contributed by atoms with E-state index < -0.39 is 57.8 Å². The Kier molecular flexibility index (Phi) is 60.6. The zero-order chi connectivity index (χ0) is 59.8. The number of rotatable bonds is 61. The van der Waals surface area contributed by atoms with E-state index in [0.29, 0.717) is 25.7 Å². The molecule has 3 atom stereocenters. The lowest BCUT2D eigenvalue weighted by atomic mass is 10.0. The Balaban J connectivity index is 4.77. The molecule has 0 fully saturated rings. The summed E-state index contributed by atoms with van der Waals surface area (Å²) in [6, 6.07) is 0. The van der Waals surface area contributed by atoms with Crippen molar-refractivity contribution in [2.75, 3.05) is 26.4 Å².